The lowest BCUT2D eigenvalue weighted by molar-refractivity contribution is -0.120. The van der Waals surface area contributed by atoms with Crippen LogP contribution in [0.3, 0.4) is 0 Å². The van der Waals surface area contributed by atoms with Crippen molar-refractivity contribution in [2.45, 2.75) is 6.92 Å². The number of nitrogens with two attached hydrogens (primary N) is 1. The molecule has 0 saturated carbocycles. The Bertz CT molecular complexity index is 435. The molecule has 0 spiro atoms. The summed E-state index contributed by atoms with van der Waals surface area (Å²) in [4.78, 5) is 22.8. The lowest BCUT2D eigenvalue weighted by Crippen LogP contribution is -2.36. The number of nitrogen functional groups attached to an aromatic ring is 1. The Hall–Kier alpha value is -1.75. The molecule has 0 aliphatic heterocycles. The van der Waals surface area contributed by atoms with Crippen molar-refractivity contribution < 1.29 is 9.59 Å². The maximum Gasteiger partial charge on any atom is 0.253 e. The second-order valence-electron chi connectivity index (χ2n) is 3.38. The Morgan fingerprint density at radius 1 is 1.35 bits per heavy atom. The summed E-state index contributed by atoms with van der Waals surface area (Å²) in [5, 5.41) is 5.30. The highest BCUT2D eigenvalue weighted by molar-refractivity contribution is 6.34. The van der Waals surface area contributed by atoms with Gasteiger partial charge in [0.1, 0.15) is 0 Å². The van der Waals surface area contributed by atoms with Gasteiger partial charge in [-0.2, -0.15) is 0 Å². The van der Waals surface area contributed by atoms with E-state index < -0.39 is 5.91 Å². The van der Waals surface area contributed by atoms with Crippen LogP contribution in [0.2, 0.25) is 5.02 Å². The maximum atomic E-state index is 11.7. The van der Waals surface area contributed by atoms with E-state index in [1.807, 2.05) is 0 Å². The summed E-state index contributed by atoms with van der Waals surface area (Å²) in [7, 11) is 0. The molecule has 0 bridgehead atoms. The molecule has 92 valence electrons. The first-order valence-electron chi connectivity index (χ1n) is 5.14. The molecule has 0 atom stereocenters. The van der Waals surface area contributed by atoms with Crippen molar-refractivity contribution in [2.24, 2.45) is 0 Å². The molecule has 0 heterocycles. The third-order valence-electron chi connectivity index (χ3n) is 2.02. The minimum atomic E-state index is -0.402. The highest BCUT2D eigenvalue weighted by atomic mass is 35.5. The minimum Gasteiger partial charge on any atom is -0.399 e. The standard InChI is InChI=1S/C11H14ClN3O2/c1-2-14-10(16)6-15-11(17)8-4-3-7(13)5-9(8)12/h3-5H,2,6,13H2,1H3,(H,14,16)(H,15,17). The average Bonchev–Trinajstić information content (AvgIpc) is 2.26. The van der Waals surface area contributed by atoms with Crippen LogP contribution in [0.5, 0.6) is 0 Å². The van der Waals surface area contributed by atoms with Gasteiger partial charge >= 0.3 is 0 Å². The van der Waals surface area contributed by atoms with Crippen LogP contribution in [0.1, 0.15) is 17.3 Å². The molecule has 0 radical (unpaired) electrons. The molecule has 0 aliphatic rings. The number of hydrogen-bond donors (Lipinski definition) is 3. The number of carbonyl (C=O) groups excluding carboxylic acids is 2. The van der Waals surface area contributed by atoms with Crippen LogP contribution < -0.4 is 16.4 Å². The van der Waals surface area contributed by atoms with Gasteiger partial charge in [0, 0.05) is 12.2 Å². The third kappa shape index (κ3) is 3.96. The van der Waals surface area contributed by atoms with Gasteiger partial charge in [-0.1, -0.05) is 11.6 Å². The number of nitrogens with one attached hydrogen (secondary N) is 2. The van der Waals surface area contributed by atoms with Crippen molar-refractivity contribution in [3.8, 4) is 0 Å². The van der Waals surface area contributed by atoms with Gasteiger partial charge in [0.2, 0.25) is 5.91 Å². The summed E-state index contributed by atoms with van der Waals surface area (Å²) in [5.74, 6) is -0.645. The van der Waals surface area contributed by atoms with Gasteiger partial charge in [0.25, 0.3) is 5.91 Å². The summed E-state index contributed by atoms with van der Waals surface area (Å²) in [6.07, 6.45) is 0. The maximum absolute atomic E-state index is 11.7. The topological polar surface area (TPSA) is 84.2 Å². The Morgan fingerprint density at radius 2 is 2.06 bits per heavy atom. The first kappa shape index (κ1) is 13.3. The van der Waals surface area contributed by atoms with E-state index in [0.29, 0.717) is 17.8 Å². The van der Waals surface area contributed by atoms with Gasteiger partial charge in [-0.15, -0.1) is 0 Å². The monoisotopic (exact) mass is 255 g/mol. The zero-order valence-corrected chi connectivity index (χ0v) is 10.2. The number of anilines is 1. The molecule has 1 aromatic rings. The molecule has 1 rings (SSSR count). The van der Waals surface area contributed by atoms with Crippen LogP contribution in [0, 0.1) is 0 Å². The minimum absolute atomic E-state index is 0.0760. The van der Waals surface area contributed by atoms with Crippen LogP contribution in [-0.4, -0.2) is 24.9 Å². The van der Waals surface area contributed by atoms with Gasteiger partial charge in [0.05, 0.1) is 17.1 Å². The Morgan fingerprint density at radius 3 is 2.65 bits per heavy atom. The summed E-state index contributed by atoms with van der Waals surface area (Å²) >= 11 is 5.86. The largest absolute Gasteiger partial charge is 0.399 e. The number of hydrogen-bond acceptors (Lipinski definition) is 3. The number of benzene rings is 1. The molecule has 4 N–H and O–H groups in total. The average molecular weight is 256 g/mol. The van der Waals surface area contributed by atoms with Crippen molar-refractivity contribution in [1.29, 1.82) is 0 Å². The van der Waals surface area contributed by atoms with Gasteiger partial charge in [-0.3, -0.25) is 9.59 Å². The summed E-state index contributed by atoms with van der Waals surface area (Å²) in [6.45, 7) is 2.25. The van der Waals surface area contributed by atoms with Gasteiger partial charge in [-0.05, 0) is 25.1 Å². The van der Waals surface area contributed by atoms with Crippen LogP contribution in [-0.2, 0) is 4.79 Å². The Balaban J connectivity index is 2.61. The zero-order chi connectivity index (χ0) is 12.8. The molecule has 0 aliphatic carbocycles. The van der Waals surface area contributed by atoms with Crippen molar-refractivity contribution in [1.82, 2.24) is 10.6 Å². The van der Waals surface area contributed by atoms with Gasteiger partial charge < -0.3 is 16.4 Å². The second kappa shape index (κ2) is 6.10. The number of carbonyl (C=O) groups is 2. The second-order valence-corrected chi connectivity index (χ2v) is 3.78. The first-order valence-corrected chi connectivity index (χ1v) is 5.52. The SMILES string of the molecule is CCNC(=O)CNC(=O)c1ccc(N)cc1Cl. The number of halogens is 1. The van der Waals surface area contributed by atoms with E-state index >= 15 is 0 Å². The van der Waals surface area contributed by atoms with Crippen molar-refractivity contribution in [2.75, 3.05) is 18.8 Å². The van der Waals surface area contributed by atoms with E-state index in [0.717, 1.165) is 0 Å². The van der Waals surface area contributed by atoms with E-state index in [9.17, 15) is 9.59 Å². The first-order chi connectivity index (χ1) is 8.04. The number of likely N-dealkylation sites (N-methyl/N-ethyl adjacent to an activating group) is 1. The summed E-state index contributed by atoms with van der Waals surface area (Å²) in [5.41, 5.74) is 6.29. The van der Waals surface area contributed by atoms with Gasteiger partial charge in [-0.25, -0.2) is 0 Å². The van der Waals surface area contributed by atoms with Crippen molar-refractivity contribution in [3.05, 3.63) is 28.8 Å². The molecule has 0 fully saturated rings. The zero-order valence-electron chi connectivity index (χ0n) is 9.42. The smallest absolute Gasteiger partial charge is 0.253 e. The van der Waals surface area contributed by atoms with Crippen LogP contribution in [0.4, 0.5) is 5.69 Å². The lowest BCUT2D eigenvalue weighted by atomic mass is 10.2. The molecule has 2 amide bonds. The van der Waals surface area contributed by atoms with Crippen LogP contribution in [0.15, 0.2) is 18.2 Å². The Kier molecular flexibility index (Phi) is 4.78. The summed E-state index contributed by atoms with van der Waals surface area (Å²) in [6, 6.07) is 4.58. The fourth-order valence-corrected chi connectivity index (χ4v) is 1.51. The molecule has 6 heteroatoms. The Labute approximate surface area is 104 Å². The van der Waals surface area contributed by atoms with E-state index in [4.69, 9.17) is 17.3 Å². The van der Waals surface area contributed by atoms with Crippen LogP contribution in [0.25, 0.3) is 0 Å². The predicted molar refractivity (Wildman–Crippen MR) is 66.9 cm³/mol. The molecule has 0 aromatic heterocycles. The highest BCUT2D eigenvalue weighted by Crippen LogP contribution is 2.18. The number of rotatable bonds is 4. The highest BCUT2D eigenvalue weighted by Gasteiger charge is 2.11. The fourth-order valence-electron chi connectivity index (χ4n) is 1.23. The van der Waals surface area contributed by atoms with Crippen molar-refractivity contribution in [3.63, 3.8) is 0 Å². The third-order valence-corrected chi connectivity index (χ3v) is 2.33. The normalized spacial score (nSPS) is 9.76. The van der Waals surface area contributed by atoms with Crippen LogP contribution >= 0.6 is 11.6 Å². The molecule has 5 nitrogen and oxygen atoms in total. The molecular weight excluding hydrogens is 242 g/mol. The summed E-state index contributed by atoms with van der Waals surface area (Å²) < 4.78 is 0. The molecule has 0 saturated heterocycles. The lowest BCUT2D eigenvalue weighted by Gasteiger charge is -2.07. The molecular formula is C11H14ClN3O2. The fraction of sp³-hybridized carbons (Fsp3) is 0.273. The molecule has 17 heavy (non-hydrogen) atoms. The van der Waals surface area contributed by atoms with E-state index in [2.05, 4.69) is 10.6 Å². The molecule has 0 unspecified atom stereocenters. The number of amides is 2. The van der Waals surface area contributed by atoms with E-state index in [-0.39, 0.29) is 17.5 Å². The quantitative estimate of drug-likeness (QED) is 0.696. The predicted octanol–water partition coefficient (Wildman–Crippen LogP) is 0.788. The molecule has 1 aromatic carbocycles. The van der Waals surface area contributed by atoms with Gasteiger partial charge in [0.15, 0.2) is 0 Å². The van der Waals surface area contributed by atoms with E-state index in [1.54, 1.807) is 13.0 Å². The van der Waals surface area contributed by atoms with E-state index in [1.165, 1.54) is 12.1 Å². The van der Waals surface area contributed by atoms with Crippen molar-refractivity contribution >= 4 is 29.1 Å².